The van der Waals surface area contributed by atoms with E-state index in [9.17, 15) is 4.39 Å². The number of unbranched alkanes of at least 4 members (excludes halogenated alkanes) is 10. The quantitative estimate of drug-likeness (QED) is 0.394. The molecule has 0 radical (unpaired) electrons. The van der Waals surface area contributed by atoms with Crippen LogP contribution in [0, 0.1) is 0 Å². The maximum absolute atomic E-state index is 11.6. The SMILES string of the molecule is CCCCCCCCCCCCCOCF. The molecule has 0 N–H and O–H groups in total. The van der Waals surface area contributed by atoms with E-state index >= 15 is 0 Å². The molecule has 0 saturated carbocycles. The third kappa shape index (κ3) is 13.9. The summed E-state index contributed by atoms with van der Waals surface area (Å²) in [6.07, 6.45) is 14.6. The summed E-state index contributed by atoms with van der Waals surface area (Å²) < 4.78 is 16.2. The van der Waals surface area contributed by atoms with Crippen molar-refractivity contribution in [1.29, 1.82) is 0 Å². The van der Waals surface area contributed by atoms with Gasteiger partial charge in [0.05, 0.1) is 0 Å². The van der Waals surface area contributed by atoms with E-state index in [1.165, 1.54) is 64.2 Å². The van der Waals surface area contributed by atoms with Gasteiger partial charge in [-0.05, 0) is 6.42 Å². The van der Waals surface area contributed by atoms with Crippen molar-refractivity contribution in [2.75, 3.05) is 13.5 Å². The van der Waals surface area contributed by atoms with Crippen LogP contribution < -0.4 is 0 Å². The molecule has 0 bridgehead atoms. The maximum Gasteiger partial charge on any atom is 0.188 e. The van der Waals surface area contributed by atoms with Gasteiger partial charge in [0.25, 0.3) is 0 Å². The van der Waals surface area contributed by atoms with Crippen molar-refractivity contribution < 1.29 is 9.13 Å². The average Bonchev–Trinajstić information content (AvgIpc) is 2.31. The fraction of sp³-hybridized carbons (Fsp3) is 1.00. The van der Waals surface area contributed by atoms with Gasteiger partial charge in [0.15, 0.2) is 6.86 Å². The molecule has 0 amide bonds. The minimum atomic E-state index is -0.627. The first kappa shape index (κ1) is 15.9. The van der Waals surface area contributed by atoms with Gasteiger partial charge in [0.1, 0.15) is 0 Å². The van der Waals surface area contributed by atoms with Gasteiger partial charge in [0, 0.05) is 6.61 Å². The molecule has 16 heavy (non-hydrogen) atoms. The molecule has 0 aromatic rings. The molecule has 2 heteroatoms. The first-order valence-corrected chi connectivity index (χ1v) is 7.05. The third-order valence-corrected chi connectivity index (χ3v) is 2.97. The standard InChI is InChI=1S/C14H29FO/c1-2-3-4-5-6-7-8-9-10-11-12-13-16-14-15/h2-14H2,1H3. The van der Waals surface area contributed by atoms with E-state index in [-0.39, 0.29) is 0 Å². The summed E-state index contributed by atoms with van der Waals surface area (Å²) in [6, 6.07) is 0. The Morgan fingerprint density at radius 1 is 0.688 bits per heavy atom. The lowest BCUT2D eigenvalue weighted by atomic mass is 10.1. The Morgan fingerprint density at radius 3 is 1.56 bits per heavy atom. The van der Waals surface area contributed by atoms with Crippen molar-refractivity contribution in [3.05, 3.63) is 0 Å². The number of ether oxygens (including phenoxy) is 1. The highest BCUT2D eigenvalue weighted by atomic mass is 19.1. The van der Waals surface area contributed by atoms with Crippen LogP contribution in [-0.4, -0.2) is 13.5 Å². The summed E-state index contributed by atoms with van der Waals surface area (Å²) in [5.41, 5.74) is 0. The molecule has 0 spiro atoms. The summed E-state index contributed by atoms with van der Waals surface area (Å²) in [5.74, 6) is 0. The molecular formula is C14H29FO. The molecule has 0 atom stereocenters. The predicted octanol–water partition coefficient (Wildman–Crippen LogP) is 5.24. The molecule has 0 aliphatic carbocycles. The van der Waals surface area contributed by atoms with Gasteiger partial charge >= 0.3 is 0 Å². The normalized spacial score (nSPS) is 10.9. The lowest BCUT2D eigenvalue weighted by Gasteiger charge is -2.02. The van der Waals surface area contributed by atoms with E-state index in [1.807, 2.05) is 0 Å². The van der Waals surface area contributed by atoms with Crippen LogP contribution in [0.1, 0.15) is 77.6 Å². The molecule has 98 valence electrons. The van der Waals surface area contributed by atoms with Crippen molar-refractivity contribution in [1.82, 2.24) is 0 Å². The summed E-state index contributed by atoms with van der Waals surface area (Å²) in [5, 5.41) is 0. The van der Waals surface area contributed by atoms with E-state index in [2.05, 4.69) is 11.7 Å². The topological polar surface area (TPSA) is 9.23 Å². The molecule has 0 saturated heterocycles. The molecule has 0 rings (SSSR count). The molecule has 0 aromatic heterocycles. The maximum atomic E-state index is 11.6. The Bertz CT molecular complexity index is 103. The molecule has 1 nitrogen and oxygen atoms in total. The average molecular weight is 232 g/mol. The number of hydrogen-bond acceptors (Lipinski definition) is 1. The van der Waals surface area contributed by atoms with Gasteiger partial charge in [0.2, 0.25) is 0 Å². The fourth-order valence-corrected chi connectivity index (χ4v) is 1.92. The van der Waals surface area contributed by atoms with Crippen LogP contribution in [-0.2, 0) is 4.74 Å². The first-order chi connectivity index (χ1) is 7.91. The van der Waals surface area contributed by atoms with Crippen LogP contribution in [0.25, 0.3) is 0 Å². The number of halogens is 1. The molecule has 0 unspecified atom stereocenters. The summed E-state index contributed by atoms with van der Waals surface area (Å²) in [7, 11) is 0. The fourth-order valence-electron chi connectivity index (χ4n) is 1.92. The van der Waals surface area contributed by atoms with Gasteiger partial charge in [-0.3, -0.25) is 0 Å². The summed E-state index contributed by atoms with van der Waals surface area (Å²) in [6.45, 7) is 2.22. The van der Waals surface area contributed by atoms with Crippen LogP contribution in [0.5, 0.6) is 0 Å². The zero-order valence-electron chi connectivity index (χ0n) is 11.0. The van der Waals surface area contributed by atoms with E-state index in [0.717, 1.165) is 6.42 Å². The van der Waals surface area contributed by atoms with Crippen molar-refractivity contribution in [2.24, 2.45) is 0 Å². The van der Waals surface area contributed by atoms with Crippen molar-refractivity contribution >= 4 is 0 Å². The van der Waals surface area contributed by atoms with Gasteiger partial charge < -0.3 is 4.74 Å². The zero-order chi connectivity index (χ0) is 11.9. The second-order valence-electron chi connectivity index (χ2n) is 4.55. The molecular weight excluding hydrogens is 203 g/mol. The monoisotopic (exact) mass is 232 g/mol. The number of hydrogen-bond donors (Lipinski definition) is 0. The van der Waals surface area contributed by atoms with Crippen LogP contribution in [0.2, 0.25) is 0 Å². The Labute approximate surface area is 101 Å². The van der Waals surface area contributed by atoms with E-state index in [0.29, 0.717) is 6.61 Å². The molecule has 0 aliphatic heterocycles. The third-order valence-electron chi connectivity index (χ3n) is 2.97. The van der Waals surface area contributed by atoms with Crippen LogP contribution in [0.4, 0.5) is 4.39 Å². The molecule has 0 aliphatic rings. The Kier molecular flexibility index (Phi) is 14.8. The summed E-state index contributed by atoms with van der Waals surface area (Å²) in [4.78, 5) is 0. The predicted molar refractivity (Wildman–Crippen MR) is 68.4 cm³/mol. The minimum Gasteiger partial charge on any atom is -0.350 e. The summed E-state index contributed by atoms with van der Waals surface area (Å²) >= 11 is 0. The minimum absolute atomic E-state index is 0.591. The smallest absolute Gasteiger partial charge is 0.188 e. The van der Waals surface area contributed by atoms with Gasteiger partial charge in [-0.2, -0.15) is 0 Å². The van der Waals surface area contributed by atoms with Gasteiger partial charge in [-0.1, -0.05) is 71.1 Å². The largest absolute Gasteiger partial charge is 0.350 e. The number of rotatable bonds is 13. The van der Waals surface area contributed by atoms with Crippen LogP contribution >= 0.6 is 0 Å². The van der Waals surface area contributed by atoms with Crippen molar-refractivity contribution in [2.45, 2.75) is 77.6 Å². The second kappa shape index (κ2) is 14.9. The lowest BCUT2D eigenvalue weighted by molar-refractivity contribution is 0.0554. The van der Waals surface area contributed by atoms with Gasteiger partial charge in [-0.15, -0.1) is 0 Å². The van der Waals surface area contributed by atoms with E-state index < -0.39 is 6.86 Å². The lowest BCUT2D eigenvalue weighted by Crippen LogP contribution is -1.92. The van der Waals surface area contributed by atoms with Crippen LogP contribution in [0.15, 0.2) is 0 Å². The first-order valence-electron chi connectivity index (χ1n) is 7.05. The highest BCUT2D eigenvalue weighted by molar-refractivity contribution is 4.47. The highest BCUT2D eigenvalue weighted by Gasteiger charge is 1.93. The Balaban J connectivity index is 2.83. The second-order valence-corrected chi connectivity index (χ2v) is 4.55. The highest BCUT2D eigenvalue weighted by Crippen LogP contribution is 2.11. The molecule has 0 fully saturated rings. The zero-order valence-corrected chi connectivity index (χ0v) is 11.0. The molecule has 0 aromatic carbocycles. The van der Waals surface area contributed by atoms with E-state index in [1.54, 1.807) is 0 Å². The number of alkyl halides is 1. The van der Waals surface area contributed by atoms with E-state index in [4.69, 9.17) is 0 Å². The van der Waals surface area contributed by atoms with Crippen molar-refractivity contribution in [3.63, 3.8) is 0 Å². The van der Waals surface area contributed by atoms with Gasteiger partial charge in [-0.25, -0.2) is 4.39 Å². The Hall–Kier alpha value is -0.110. The Morgan fingerprint density at radius 2 is 1.12 bits per heavy atom. The van der Waals surface area contributed by atoms with Crippen LogP contribution in [0.3, 0.4) is 0 Å². The molecule has 0 heterocycles. The van der Waals surface area contributed by atoms with Crippen molar-refractivity contribution in [3.8, 4) is 0 Å².